The van der Waals surface area contributed by atoms with Gasteiger partial charge >= 0.3 is 12.3 Å². The molecule has 15 heavy (non-hydrogen) atoms. The predicted octanol–water partition coefficient (Wildman–Crippen LogP) is 3.30. The van der Waals surface area contributed by atoms with E-state index in [1.165, 1.54) is 24.3 Å². The van der Waals surface area contributed by atoms with Gasteiger partial charge in [-0.05, 0) is 19.9 Å². The van der Waals surface area contributed by atoms with Crippen LogP contribution < -0.4 is 0 Å². The summed E-state index contributed by atoms with van der Waals surface area (Å²) in [6.45, 7) is 3.17. The van der Waals surface area contributed by atoms with Crippen LogP contribution in [-0.4, -0.2) is 17.5 Å². The molecule has 1 unspecified atom stereocenters. The van der Waals surface area contributed by atoms with Crippen molar-refractivity contribution in [2.75, 3.05) is 0 Å². The van der Waals surface area contributed by atoms with E-state index < -0.39 is 18.5 Å². The molecule has 0 aliphatic heterocycles. The first kappa shape index (κ1) is 12.4. The van der Waals surface area contributed by atoms with Gasteiger partial charge < -0.3 is 5.11 Å². The molecule has 1 N–H and O–H groups in total. The Labute approximate surface area is 88.4 Å². The maximum absolute atomic E-state index is 12.8. The molecule has 1 rings (SSSR count). The third-order valence-electron chi connectivity index (χ3n) is 2.03. The first-order chi connectivity index (χ1) is 6.76. The van der Waals surface area contributed by atoms with Gasteiger partial charge in [-0.25, -0.2) is 8.78 Å². The van der Waals surface area contributed by atoms with E-state index in [1.807, 2.05) is 0 Å². The number of aliphatic hydroxyl groups is 1. The van der Waals surface area contributed by atoms with Crippen LogP contribution in [0.25, 0.3) is 0 Å². The zero-order valence-corrected chi connectivity index (χ0v) is 8.92. The Balaban J connectivity index is 3.04. The van der Waals surface area contributed by atoms with Crippen LogP contribution in [0.4, 0.5) is 17.6 Å². The molecule has 0 aromatic carbocycles. The second-order valence-electron chi connectivity index (χ2n) is 3.25. The van der Waals surface area contributed by atoms with Crippen molar-refractivity contribution in [2.24, 2.45) is 0 Å². The lowest BCUT2D eigenvalue weighted by atomic mass is 10.0. The molecule has 0 aliphatic carbocycles. The average Bonchev–Trinajstić information content (AvgIpc) is 2.43. The van der Waals surface area contributed by atoms with Crippen LogP contribution in [0, 0.1) is 13.8 Å². The Morgan fingerprint density at radius 1 is 1.33 bits per heavy atom. The summed E-state index contributed by atoms with van der Waals surface area (Å²) in [5, 5.41) is 9.19. The van der Waals surface area contributed by atoms with E-state index in [0.29, 0.717) is 9.75 Å². The number of halogens is 4. The summed E-state index contributed by atoms with van der Waals surface area (Å²) >= 11 is 1.19. The summed E-state index contributed by atoms with van der Waals surface area (Å²) in [7, 11) is 0. The van der Waals surface area contributed by atoms with Crippen LogP contribution in [0.3, 0.4) is 0 Å². The first-order valence-corrected chi connectivity index (χ1v) is 4.99. The van der Waals surface area contributed by atoms with Gasteiger partial charge in [-0.2, -0.15) is 8.78 Å². The minimum atomic E-state index is -4.40. The molecule has 0 radical (unpaired) electrons. The van der Waals surface area contributed by atoms with E-state index in [-0.39, 0.29) is 5.56 Å². The van der Waals surface area contributed by atoms with Crippen LogP contribution >= 0.6 is 11.3 Å². The van der Waals surface area contributed by atoms with Gasteiger partial charge in [0.05, 0.1) is 0 Å². The lowest BCUT2D eigenvalue weighted by molar-refractivity contribution is -0.193. The van der Waals surface area contributed by atoms with E-state index in [4.69, 9.17) is 0 Å². The highest BCUT2D eigenvalue weighted by Crippen LogP contribution is 2.39. The van der Waals surface area contributed by atoms with Crippen molar-refractivity contribution in [1.29, 1.82) is 0 Å². The fraction of sp³-hybridized carbons (Fsp3) is 0.556. The monoisotopic (exact) mass is 242 g/mol. The Morgan fingerprint density at radius 3 is 2.20 bits per heavy atom. The van der Waals surface area contributed by atoms with Crippen molar-refractivity contribution in [3.63, 3.8) is 0 Å². The van der Waals surface area contributed by atoms with E-state index in [1.54, 1.807) is 6.92 Å². The van der Waals surface area contributed by atoms with Crippen LogP contribution in [0.2, 0.25) is 0 Å². The molecule has 0 saturated carbocycles. The molecule has 1 aromatic rings. The maximum atomic E-state index is 12.8. The number of aliphatic hydroxyl groups excluding tert-OH is 1. The zero-order chi connectivity index (χ0) is 11.8. The molecule has 0 aliphatic rings. The highest BCUT2D eigenvalue weighted by Gasteiger charge is 2.49. The fourth-order valence-corrected chi connectivity index (χ4v) is 2.21. The summed E-state index contributed by atoms with van der Waals surface area (Å²) in [5.41, 5.74) is -0.122. The topological polar surface area (TPSA) is 20.2 Å². The van der Waals surface area contributed by atoms with Gasteiger partial charge in [-0.1, -0.05) is 0 Å². The number of alkyl halides is 4. The maximum Gasteiger partial charge on any atom is 0.336 e. The standard InChI is InChI=1S/C9H10F4OS/c1-4-3-6(5(2)15-4)7(14)9(12,13)8(10)11/h3,7-8,14H,1-2H3. The summed E-state index contributed by atoms with van der Waals surface area (Å²) in [5.74, 6) is -4.40. The largest absolute Gasteiger partial charge is 0.382 e. The molecule has 1 nitrogen and oxygen atoms in total. The van der Waals surface area contributed by atoms with E-state index >= 15 is 0 Å². The van der Waals surface area contributed by atoms with Crippen LogP contribution in [-0.2, 0) is 0 Å². The van der Waals surface area contributed by atoms with Gasteiger partial charge in [-0.3, -0.25) is 0 Å². The lowest BCUT2D eigenvalue weighted by Gasteiger charge is -2.21. The molecule has 1 heterocycles. The van der Waals surface area contributed by atoms with E-state index in [2.05, 4.69) is 0 Å². The number of thiophene rings is 1. The van der Waals surface area contributed by atoms with Gasteiger partial charge in [0.15, 0.2) is 0 Å². The van der Waals surface area contributed by atoms with Gasteiger partial charge in [0, 0.05) is 15.3 Å². The number of hydrogen-bond acceptors (Lipinski definition) is 2. The van der Waals surface area contributed by atoms with E-state index in [0.717, 1.165) is 0 Å². The second-order valence-corrected chi connectivity index (χ2v) is 4.71. The molecule has 86 valence electrons. The number of rotatable bonds is 3. The summed E-state index contributed by atoms with van der Waals surface area (Å²) in [4.78, 5) is 1.13. The second kappa shape index (κ2) is 4.09. The molecule has 6 heteroatoms. The number of aryl methyl sites for hydroxylation is 2. The normalized spacial score (nSPS) is 14.7. The van der Waals surface area contributed by atoms with Gasteiger partial charge in [-0.15, -0.1) is 11.3 Å². The Kier molecular flexibility index (Phi) is 3.40. The van der Waals surface area contributed by atoms with E-state index in [9.17, 15) is 22.7 Å². The van der Waals surface area contributed by atoms with Crippen molar-refractivity contribution in [3.8, 4) is 0 Å². The van der Waals surface area contributed by atoms with Gasteiger partial charge in [0.2, 0.25) is 0 Å². The molecular formula is C9H10F4OS. The molecular weight excluding hydrogens is 232 g/mol. The minimum Gasteiger partial charge on any atom is -0.382 e. The molecule has 1 aromatic heterocycles. The van der Waals surface area contributed by atoms with Gasteiger partial charge in [0.1, 0.15) is 6.10 Å². The average molecular weight is 242 g/mol. The highest BCUT2D eigenvalue weighted by molar-refractivity contribution is 7.12. The molecule has 1 atom stereocenters. The summed E-state index contributed by atoms with van der Waals surface area (Å²) < 4.78 is 49.6. The number of hydrogen-bond donors (Lipinski definition) is 1. The van der Waals surface area contributed by atoms with Crippen molar-refractivity contribution in [3.05, 3.63) is 21.4 Å². The quantitative estimate of drug-likeness (QED) is 0.806. The van der Waals surface area contributed by atoms with Crippen molar-refractivity contribution >= 4 is 11.3 Å². The van der Waals surface area contributed by atoms with Crippen molar-refractivity contribution in [1.82, 2.24) is 0 Å². The molecule has 0 amide bonds. The zero-order valence-electron chi connectivity index (χ0n) is 8.10. The molecule has 0 fully saturated rings. The van der Waals surface area contributed by atoms with Crippen LogP contribution in [0.1, 0.15) is 21.4 Å². The predicted molar refractivity (Wildman–Crippen MR) is 49.7 cm³/mol. The molecule has 0 saturated heterocycles. The molecule has 0 spiro atoms. The van der Waals surface area contributed by atoms with Crippen molar-refractivity contribution < 1.29 is 22.7 Å². The Bertz CT molecular complexity index is 348. The lowest BCUT2D eigenvalue weighted by Crippen LogP contribution is -2.34. The highest BCUT2D eigenvalue weighted by atomic mass is 32.1. The third-order valence-corrected chi connectivity index (χ3v) is 3.01. The Hall–Kier alpha value is -0.620. The van der Waals surface area contributed by atoms with Crippen LogP contribution in [0.15, 0.2) is 6.07 Å². The summed E-state index contributed by atoms with van der Waals surface area (Å²) in [6.07, 6.45) is -6.31. The van der Waals surface area contributed by atoms with Crippen molar-refractivity contribution in [2.45, 2.75) is 32.3 Å². The SMILES string of the molecule is Cc1cc(C(O)C(F)(F)C(F)F)c(C)s1. The van der Waals surface area contributed by atoms with Gasteiger partial charge in [0.25, 0.3) is 0 Å². The minimum absolute atomic E-state index is 0.122. The van der Waals surface area contributed by atoms with Crippen LogP contribution in [0.5, 0.6) is 0 Å². The Morgan fingerprint density at radius 2 is 1.87 bits per heavy atom. The smallest absolute Gasteiger partial charge is 0.336 e. The third kappa shape index (κ3) is 2.31. The first-order valence-electron chi connectivity index (χ1n) is 4.17. The summed E-state index contributed by atoms with van der Waals surface area (Å²) in [6, 6.07) is 1.31. The fourth-order valence-electron chi connectivity index (χ4n) is 1.25. The molecule has 0 bridgehead atoms.